The highest BCUT2D eigenvalue weighted by molar-refractivity contribution is 7.99. The van der Waals surface area contributed by atoms with Gasteiger partial charge in [0.25, 0.3) is 0 Å². The van der Waals surface area contributed by atoms with E-state index in [1.807, 2.05) is 67.6 Å². The van der Waals surface area contributed by atoms with Crippen molar-refractivity contribution in [3.05, 3.63) is 71.8 Å². The molecule has 0 radical (unpaired) electrons. The Morgan fingerprint density at radius 1 is 0.935 bits per heavy atom. The molecule has 0 spiro atoms. The van der Waals surface area contributed by atoms with Gasteiger partial charge in [0.15, 0.2) is 12.4 Å². The maximum absolute atomic E-state index is 11.9. The van der Waals surface area contributed by atoms with Gasteiger partial charge in [-0.15, -0.1) is 11.8 Å². The van der Waals surface area contributed by atoms with Gasteiger partial charge in [-0.25, -0.2) is 0 Å². The smallest absolute Gasteiger partial charge is 0.303 e. The molecule has 0 N–H and O–H groups in total. The van der Waals surface area contributed by atoms with Gasteiger partial charge >= 0.3 is 5.97 Å². The van der Waals surface area contributed by atoms with E-state index in [0.717, 1.165) is 23.2 Å². The number of benzene rings is 2. The number of esters is 1. The molecule has 3 rings (SSSR count). The second-order valence-corrected chi connectivity index (χ2v) is 8.53. The maximum Gasteiger partial charge on any atom is 0.303 e. The van der Waals surface area contributed by atoms with Crippen LogP contribution in [0.4, 0.5) is 0 Å². The van der Waals surface area contributed by atoms with Gasteiger partial charge < -0.3 is 23.7 Å². The molecule has 166 valence electrons. The highest BCUT2D eigenvalue weighted by Gasteiger charge is 2.49. The van der Waals surface area contributed by atoms with Crippen LogP contribution in [0.25, 0.3) is 0 Å². The third kappa shape index (κ3) is 6.64. The summed E-state index contributed by atoms with van der Waals surface area (Å²) in [7, 11) is 0. The first-order chi connectivity index (χ1) is 15.1. The first-order valence-corrected chi connectivity index (χ1v) is 11.4. The van der Waals surface area contributed by atoms with Crippen LogP contribution in [0.15, 0.2) is 60.7 Å². The Morgan fingerprint density at radius 3 is 1.97 bits per heavy atom. The van der Waals surface area contributed by atoms with Crippen molar-refractivity contribution in [3.8, 4) is 0 Å². The zero-order valence-corrected chi connectivity index (χ0v) is 18.5. The highest BCUT2D eigenvalue weighted by atomic mass is 32.2. The van der Waals surface area contributed by atoms with Crippen molar-refractivity contribution in [2.75, 3.05) is 5.75 Å². The summed E-state index contributed by atoms with van der Waals surface area (Å²) in [5.74, 6) is 0.296. The number of ether oxygens (including phenoxy) is 4. The van der Waals surface area contributed by atoms with Crippen molar-refractivity contribution in [2.45, 2.75) is 56.9 Å². The lowest BCUT2D eigenvalue weighted by molar-refractivity contribution is -0.234. The predicted octanol–water partition coefficient (Wildman–Crippen LogP) is 3.77. The molecule has 1 aliphatic rings. The molecular weight excluding hydrogens is 416 g/mol. The second kappa shape index (κ2) is 12.0. The first-order valence-electron chi connectivity index (χ1n) is 10.3. The van der Waals surface area contributed by atoms with E-state index in [0.29, 0.717) is 6.61 Å². The number of hydrogen-bond donors (Lipinski definition) is 0. The molecule has 1 heterocycles. The summed E-state index contributed by atoms with van der Waals surface area (Å²) in [6, 6.07) is 19.4. The van der Waals surface area contributed by atoms with Crippen LogP contribution in [0.3, 0.4) is 0 Å². The Hall–Kier alpha value is -2.19. The minimum absolute atomic E-state index is 0.281. The fraction of sp³-hybridized carbons (Fsp3) is 0.417. The Labute approximate surface area is 187 Å². The molecule has 1 aliphatic heterocycles. The molecule has 5 atom stereocenters. The fourth-order valence-electron chi connectivity index (χ4n) is 3.47. The van der Waals surface area contributed by atoms with Crippen molar-refractivity contribution < 1.29 is 28.5 Å². The summed E-state index contributed by atoms with van der Waals surface area (Å²) in [6.45, 7) is 3.91. The number of aldehydes is 1. The van der Waals surface area contributed by atoms with E-state index in [1.54, 1.807) is 0 Å². The normalized spacial score (nSPS) is 25.7. The Kier molecular flexibility index (Phi) is 9.09. The van der Waals surface area contributed by atoms with Crippen molar-refractivity contribution in [1.82, 2.24) is 0 Å². The first kappa shape index (κ1) is 23.5. The van der Waals surface area contributed by atoms with E-state index in [4.69, 9.17) is 18.9 Å². The van der Waals surface area contributed by atoms with Gasteiger partial charge in [0, 0.05) is 6.92 Å². The van der Waals surface area contributed by atoms with E-state index in [2.05, 4.69) is 0 Å². The molecule has 0 unspecified atom stereocenters. The van der Waals surface area contributed by atoms with E-state index >= 15 is 0 Å². The summed E-state index contributed by atoms with van der Waals surface area (Å²) in [5.41, 5.74) is 1.41. The highest BCUT2D eigenvalue weighted by Crippen LogP contribution is 2.34. The van der Waals surface area contributed by atoms with Crippen molar-refractivity contribution in [2.24, 2.45) is 0 Å². The van der Waals surface area contributed by atoms with Gasteiger partial charge in [0.2, 0.25) is 0 Å². The third-order valence-electron chi connectivity index (χ3n) is 4.87. The molecule has 0 aliphatic carbocycles. The second-order valence-electron chi connectivity index (χ2n) is 7.16. The lowest BCUT2D eigenvalue weighted by atomic mass is 9.99. The van der Waals surface area contributed by atoms with Crippen LogP contribution in [0.2, 0.25) is 0 Å². The fourth-order valence-corrected chi connectivity index (χ4v) is 4.41. The van der Waals surface area contributed by atoms with Crippen LogP contribution in [0, 0.1) is 0 Å². The Bertz CT molecular complexity index is 815. The molecule has 1 saturated heterocycles. The van der Waals surface area contributed by atoms with E-state index in [1.165, 1.54) is 18.7 Å². The van der Waals surface area contributed by atoms with Crippen LogP contribution in [-0.4, -0.2) is 47.9 Å². The largest absolute Gasteiger partial charge is 0.456 e. The third-order valence-corrected chi connectivity index (χ3v) is 5.91. The number of hydrogen-bond acceptors (Lipinski definition) is 7. The topological polar surface area (TPSA) is 71.1 Å². The van der Waals surface area contributed by atoms with Crippen LogP contribution in [0.5, 0.6) is 0 Å². The molecule has 2 aromatic rings. The van der Waals surface area contributed by atoms with Crippen LogP contribution in [-0.2, 0) is 41.8 Å². The molecule has 2 aromatic carbocycles. The van der Waals surface area contributed by atoms with E-state index < -0.39 is 35.8 Å². The van der Waals surface area contributed by atoms with Gasteiger partial charge in [0.1, 0.15) is 23.7 Å². The zero-order chi connectivity index (χ0) is 22.1. The average molecular weight is 445 g/mol. The van der Waals surface area contributed by atoms with Gasteiger partial charge in [0.05, 0.1) is 13.2 Å². The summed E-state index contributed by atoms with van der Waals surface area (Å²) in [4.78, 5) is 23.8. The number of carbonyl (C=O) groups excluding carboxylic acids is 2. The summed E-state index contributed by atoms with van der Waals surface area (Å²) in [6.07, 6.45) is -2.19. The summed E-state index contributed by atoms with van der Waals surface area (Å²) in [5, 5.41) is 0. The molecule has 31 heavy (non-hydrogen) atoms. The minimum Gasteiger partial charge on any atom is -0.456 e. The monoisotopic (exact) mass is 444 g/mol. The lowest BCUT2D eigenvalue weighted by Gasteiger charge is -2.44. The van der Waals surface area contributed by atoms with E-state index in [-0.39, 0.29) is 6.61 Å². The van der Waals surface area contributed by atoms with Crippen LogP contribution < -0.4 is 0 Å². The number of rotatable bonds is 10. The molecular formula is C24H28O6S. The van der Waals surface area contributed by atoms with Crippen LogP contribution in [0.1, 0.15) is 25.0 Å². The quantitative estimate of drug-likeness (QED) is 0.408. The molecule has 0 bridgehead atoms. The SMILES string of the molecule is CCS[C@@H]1O[C@H](C=O)[C@@H](OCc2ccccc2)[C@H](OCc2ccccc2)[C@H]1OC(C)=O. The standard InChI is InChI=1S/C24H28O6S/c1-3-31-24-23(29-17(2)26)22(28-16-19-12-8-5-9-13-19)21(20(14-25)30-24)27-15-18-10-6-4-7-11-18/h4-14,20-24H,3,15-16H2,1-2H3/t20-,21-,22+,23-,24+/m1/s1. The Balaban J connectivity index is 1.85. The van der Waals surface area contributed by atoms with Gasteiger partial charge in [-0.1, -0.05) is 67.6 Å². The number of carbonyl (C=O) groups is 2. The zero-order valence-electron chi connectivity index (χ0n) is 17.7. The summed E-state index contributed by atoms with van der Waals surface area (Å²) >= 11 is 1.47. The lowest BCUT2D eigenvalue weighted by Crippen LogP contribution is -2.60. The minimum atomic E-state index is -0.833. The van der Waals surface area contributed by atoms with Gasteiger partial charge in [-0.05, 0) is 16.9 Å². The maximum atomic E-state index is 11.9. The molecule has 6 nitrogen and oxygen atoms in total. The van der Waals surface area contributed by atoms with E-state index in [9.17, 15) is 9.59 Å². The van der Waals surface area contributed by atoms with Crippen molar-refractivity contribution in [3.63, 3.8) is 0 Å². The molecule has 0 saturated carbocycles. The predicted molar refractivity (Wildman–Crippen MR) is 118 cm³/mol. The molecule has 0 amide bonds. The van der Waals surface area contributed by atoms with Crippen molar-refractivity contribution >= 4 is 24.0 Å². The molecule has 7 heteroatoms. The molecule has 1 fully saturated rings. The van der Waals surface area contributed by atoms with Gasteiger partial charge in [-0.2, -0.15) is 0 Å². The Morgan fingerprint density at radius 2 is 1.48 bits per heavy atom. The molecule has 0 aromatic heterocycles. The average Bonchev–Trinajstić information content (AvgIpc) is 2.79. The van der Waals surface area contributed by atoms with Crippen molar-refractivity contribution in [1.29, 1.82) is 0 Å². The van der Waals surface area contributed by atoms with Crippen LogP contribution >= 0.6 is 11.8 Å². The number of thioether (sulfide) groups is 1. The van der Waals surface area contributed by atoms with Gasteiger partial charge in [-0.3, -0.25) is 4.79 Å². The summed E-state index contributed by atoms with van der Waals surface area (Å²) < 4.78 is 24.0.